The summed E-state index contributed by atoms with van der Waals surface area (Å²) in [5.74, 6) is 0. The summed E-state index contributed by atoms with van der Waals surface area (Å²) in [7, 11) is 6.35. The molecule has 4 nitrogen and oxygen atoms in total. The number of aromatic nitrogens is 4. The Morgan fingerprint density at radius 1 is 0.657 bits per heavy atom. The first-order chi connectivity index (χ1) is 16.2. The molecule has 0 atom stereocenters. The van der Waals surface area contributed by atoms with Crippen molar-refractivity contribution in [3.05, 3.63) is 90.4 Å². The van der Waals surface area contributed by atoms with Crippen LogP contribution in [-0.4, -0.2) is 14.1 Å². The van der Waals surface area contributed by atoms with E-state index in [9.17, 15) is 0 Å². The molecule has 0 N–H and O–H groups in total. The third kappa shape index (κ3) is 3.97. The van der Waals surface area contributed by atoms with Crippen LogP contribution in [-0.2, 0) is 21.1 Å². The largest absolute Gasteiger partial charge is 0.358 e. The lowest BCUT2D eigenvalue weighted by molar-refractivity contribution is -0.676. The summed E-state index contributed by atoms with van der Waals surface area (Å²) in [5.41, 5.74) is 11.2. The molecule has 0 saturated carbocycles. The average molecular weight is 465 g/mol. The van der Waals surface area contributed by atoms with E-state index in [-0.39, 0.29) is 7.43 Å². The zero-order chi connectivity index (χ0) is 24.3. The molecule has 4 heteroatoms. The molecule has 35 heavy (non-hydrogen) atoms. The second-order valence-electron chi connectivity index (χ2n) is 9.73. The molecule has 0 fully saturated rings. The molecule has 0 aliphatic heterocycles. The van der Waals surface area contributed by atoms with E-state index in [0.717, 1.165) is 11.4 Å². The van der Waals surface area contributed by atoms with Crippen molar-refractivity contribution in [1.82, 2.24) is 14.1 Å². The van der Waals surface area contributed by atoms with Crippen LogP contribution >= 0.6 is 0 Å². The molecule has 180 valence electrons. The van der Waals surface area contributed by atoms with E-state index in [0.29, 0.717) is 0 Å². The van der Waals surface area contributed by atoms with E-state index in [1.54, 1.807) is 0 Å². The van der Waals surface area contributed by atoms with Gasteiger partial charge in [-0.3, -0.25) is 4.98 Å². The van der Waals surface area contributed by atoms with Crippen molar-refractivity contribution < 1.29 is 4.57 Å². The molecule has 0 saturated heterocycles. The summed E-state index contributed by atoms with van der Waals surface area (Å²) in [6, 6.07) is 17.7. The summed E-state index contributed by atoms with van der Waals surface area (Å²) in [4.78, 5) is 4.56. The first kappa shape index (κ1) is 24.5. The Bertz CT molecular complexity index is 1730. The predicted octanol–water partition coefficient (Wildman–Crippen LogP) is 6.87. The first-order valence-electron chi connectivity index (χ1n) is 11.8. The number of fused-ring (bicyclic) bond motifs is 6. The molecule has 0 aliphatic rings. The number of nitrogens with zero attached hydrogens (tertiary/aromatic N) is 4. The lowest BCUT2D eigenvalue weighted by atomic mass is 10.1. The molecule has 0 amide bonds. The van der Waals surface area contributed by atoms with Gasteiger partial charge < -0.3 is 16.6 Å². The highest BCUT2D eigenvalue weighted by molar-refractivity contribution is 6.09. The van der Waals surface area contributed by atoms with Gasteiger partial charge >= 0.3 is 0 Å². The normalized spacial score (nSPS) is 11.2. The Morgan fingerprint density at radius 3 is 1.86 bits per heavy atom. The number of aryl methyl sites for hydroxylation is 8. The fourth-order valence-electron chi connectivity index (χ4n) is 5.22. The molecule has 0 unspecified atom stereocenters. The Labute approximate surface area is 208 Å². The quantitative estimate of drug-likeness (QED) is 0.178. The Balaban J connectivity index is 0.000000160. The van der Waals surface area contributed by atoms with E-state index in [1.165, 1.54) is 60.4 Å². The summed E-state index contributed by atoms with van der Waals surface area (Å²) in [6.45, 7) is 10.6. The minimum absolute atomic E-state index is 0. The number of rotatable bonds is 0. The first-order valence-corrected chi connectivity index (χ1v) is 11.8. The van der Waals surface area contributed by atoms with E-state index < -0.39 is 0 Å². The number of hydrogen-bond donors (Lipinski definition) is 0. The molecule has 6 rings (SSSR count). The van der Waals surface area contributed by atoms with Crippen LogP contribution in [0.15, 0.2) is 54.7 Å². The van der Waals surface area contributed by atoms with Gasteiger partial charge in [0.05, 0.1) is 11.2 Å². The van der Waals surface area contributed by atoms with Crippen LogP contribution in [0.4, 0.5) is 0 Å². The van der Waals surface area contributed by atoms with Gasteiger partial charge in [-0.05, 0) is 57.0 Å². The summed E-state index contributed by atoms with van der Waals surface area (Å²) >= 11 is 0. The molecule has 2 aromatic carbocycles. The van der Waals surface area contributed by atoms with Gasteiger partial charge in [0.25, 0.3) is 0 Å². The van der Waals surface area contributed by atoms with Crippen LogP contribution in [0, 0.1) is 42.0 Å². The Hall–Kier alpha value is -3.66. The standard InChI is InChI=1S/C15H17N2.C15H16N2.CH3/c1-10-5-6-12-13-8-11(2)16(3)9-15(13)17(4)14(12)7-10;1-9-5-6-12-13-8-10(2)16-11(3)15(13)17(4)14(12)7-9;/h5-9H,1-4H3;5-8H,1-4H3;1H3/q+1;;-1. The van der Waals surface area contributed by atoms with Gasteiger partial charge in [-0.15, -0.1) is 0 Å². The van der Waals surface area contributed by atoms with Crippen molar-refractivity contribution in [3.8, 4) is 0 Å². The van der Waals surface area contributed by atoms with Gasteiger partial charge in [0.1, 0.15) is 12.6 Å². The molecule has 0 bridgehead atoms. The molecular formula is C31H36N4. The Morgan fingerprint density at radius 2 is 1.23 bits per heavy atom. The summed E-state index contributed by atoms with van der Waals surface area (Å²) in [6.07, 6.45) is 2.21. The van der Waals surface area contributed by atoms with Crippen molar-refractivity contribution in [3.63, 3.8) is 0 Å². The number of benzene rings is 2. The minimum atomic E-state index is 0. The second kappa shape index (κ2) is 8.84. The molecular weight excluding hydrogens is 428 g/mol. The van der Waals surface area contributed by atoms with Crippen molar-refractivity contribution in [2.45, 2.75) is 34.6 Å². The van der Waals surface area contributed by atoms with E-state index in [4.69, 9.17) is 0 Å². The Kier molecular flexibility index (Phi) is 6.18. The number of pyridine rings is 2. The lowest BCUT2D eigenvalue weighted by Gasteiger charge is -2.02. The summed E-state index contributed by atoms with van der Waals surface area (Å²) < 4.78 is 6.70. The maximum Gasteiger partial charge on any atom is 0.193 e. The van der Waals surface area contributed by atoms with E-state index in [1.807, 2.05) is 0 Å². The van der Waals surface area contributed by atoms with E-state index >= 15 is 0 Å². The highest BCUT2D eigenvalue weighted by atomic mass is 15.0. The van der Waals surface area contributed by atoms with Crippen LogP contribution in [0.1, 0.15) is 28.2 Å². The van der Waals surface area contributed by atoms with Crippen LogP contribution in [0.2, 0.25) is 0 Å². The van der Waals surface area contributed by atoms with Gasteiger partial charge in [-0.2, -0.15) is 0 Å². The van der Waals surface area contributed by atoms with Gasteiger partial charge in [0, 0.05) is 65.4 Å². The highest BCUT2D eigenvalue weighted by Crippen LogP contribution is 2.31. The lowest BCUT2D eigenvalue weighted by Crippen LogP contribution is -2.31. The van der Waals surface area contributed by atoms with Gasteiger partial charge in [-0.1, -0.05) is 24.3 Å². The number of hydrogen-bond acceptors (Lipinski definition) is 1. The fraction of sp³-hybridized carbons (Fsp3) is 0.258. The molecule has 4 aromatic heterocycles. The van der Waals surface area contributed by atoms with Gasteiger partial charge in [0.15, 0.2) is 11.9 Å². The molecule has 0 spiro atoms. The van der Waals surface area contributed by atoms with Crippen molar-refractivity contribution >= 4 is 43.6 Å². The zero-order valence-electron chi connectivity index (χ0n) is 22.5. The highest BCUT2D eigenvalue weighted by Gasteiger charge is 2.13. The van der Waals surface area contributed by atoms with E-state index in [2.05, 4.69) is 129 Å². The van der Waals surface area contributed by atoms with Crippen molar-refractivity contribution in [2.75, 3.05) is 0 Å². The topological polar surface area (TPSA) is 26.6 Å². The SMILES string of the molecule is Cc1ccc2c3cc(C)[n+](C)cc3n(C)c2c1.Cc1ccc2c3cc(C)nc(C)c3n(C)c2c1.[CH3-]. The van der Waals surface area contributed by atoms with Gasteiger partial charge in [0.2, 0.25) is 0 Å². The van der Waals surface area contributed by atoms with Crippen LogP contribution in [0.3, 0.4) is 0 Å². The monoisotopic (exact) mass is 464 g/mol. The van der Waals surface area contributed by atoms with Crippen molar-refractivity contribution in [2.24, 2.45) is 21.1 Å². The third-order valence-electron chi connectivity index (χ3n) is 7.10. The molecule has 6 aromatic rings. The smallest absolute Gasteiger partial charge is 0.193 e. The zero-order valence-corrected chi connectivity index (χ0v) is 22.5. The van der Waals surface area contributed by atoms with Crippen LogP contribution in [0.25, 0.3) is 43.6 Å². The fourth-order valence-corrected chi connectivity index (χ4v) is 5.22. The molecule has 0 radical (unpaired) electrons. The van der Waals surface area contributed by atoms with Crippen molar-refractivity contribution in [1.29, 1.82) is 0 Å². The van der Waals surface area contributed by atoms with Gasteiger partial charge in [-0.25, -0.2) is 4.57 Å². The maximum absolute atomic E-state index is 4.56. The minimum Gasteiger partial charge on any atom is -0.358 e. The van der Waals surface area contributed by atoms with Crippen LogP contribution in [0.5, 0.6) is 0 Å². The predicted molar refractivity (Wildman–Crippen MR) is 150 cm³/mol. The second-order valence-corrected chi connectivity index (χ2v) is 9.73. The molecule has 4 heterocycles. The maximum atomic E-state index is 4.56. The average Bonchev–Trinajstić information content (AvgIpc) is 3.20. The van der Waals surface area contributed by atoms with Crippen LogP contribution < -0.4 is 4.57 Å². The third-order valence-corrected chi connectivity index (χ3v) is 7.10. The summed E-state index contributed by atoms with van der Waals surface area (Å²) in [5, 5.41) is 5.32. The molecule has 0 aliphatic carbocycles.